The number of carbonyl (C=O) groups excluding carboxylic acids is 1. The molecule has 1 aliphatic carbocycles. The monoisotopic (exact) mass is 347 g/mol. The van der Waals surface area contributed by atoms with Crippen molar-refractivity contribution in [1.29, 1.82) is 0 Å². The number of hydrogen-bond acceptors (Lipinski definition) is 4. The van der Waals surface area contributed by atoms with Crippen molar-refractivity contribution in [2.75, 3.05) is 5.73 Å². The number of rotatable bonds is 4. The number of nitrogens with two attached hydrogens (primary N) is 1. The SMILES string of the molecule is CCc1sc(N)c(C(=O)OC2CCCCC2)c1-c1ccc(F)cc1. The van der Waals surface area contributed by atoms with Crippen molar-refractivity contribution in [2.45, 2.75) is 51.6 Å². The fraction of sp³-hybridized carbons (Fsp3) is 0.421. The van der Waals surface area contributed by atoms with Crippen LogP contribution in [0.25, 0.3) is 11.1 Å². The Balaban J connectivity index is 1.95. The average Bonchev–Trinajstić information content (AvgIpc) is 2.93. The predicted molar refractivity (Wildman–Crippen MR) is 95.8 cm³/mol. The third-order valence-electron chi connectivity index (χ3n) is 4.49. The van der Waals surface area contributed by atoms with Crippen LogP contribution in [-0.2, 0) is 11.2 Å². The number of benzene rings is 1. The summed E-state index contributed by atoms with van der Waals surface area (Å²) in [5, 5.41) is 0.479. The van der Waals surface area contributed by atoms with Gasteiger partial charge in [-0.2, -0.15) is 0 Å². The molecule has 1 saturated carbocycles. The van der Waals surface area contributed by atoms with Crippen molar-refractivity contribution in [3.8, 4) is 11.1 Å². The first-order chi connectivity index (χ1) is 11.6. The van der Waals surface area contributed by atoms with E-state index in [9.17, 15) is 9.18 Å². The van der Waals surface area contributed by atoms with E-state index in [1.165, 1.54) is 29.9 Å². The van der Waals surface area contributed by atoms with Crippen molar-refractivity contribution in [3.63, 3.8) is 0 Å². The fourth-order valence-electron chi connectivity index (χ4n) is 3.26. The minimum absolute atomic E-state index is 0.0169. The number of aryl methyl sites for hydroxylation is 1. The lowest BCUT2D eigenvalue weighted by Gasteiger charge is -2.22. The number of esters is 1. The first-order valence-corrected chi connectivity index (χ1v) is 9.29. The topological polar surface area (TPSA) is 52.3 Å². The molecule has 24 heavy (non-hydrogen) atoms. The average molecular weight is 347 g/mol. The Morgan fingerprint density at radius 3 is 2.54 bits per heavy atom. The van der Waals surface area contributed by atoms with Crippen LogP contribution in [0.15, 0.2) is 24.3 Å². The number of ether oxygens (including phenoxy) is 1. The quantitative estimate of drug-likeness (QED) is 0.775. The number of anilines is 1. The molecule has 1 aromatic heterocycles. The second-order valence-corrected chi connectivity index (χ2v) is 7.30. The highest BCUT2D eigenvalue weighted by Gasteiger charge is 2.26. The third-order valence-corrected chi connectivity index (χ3v) is 5.66. The zero-order chi connectivity index (χ0) is 17.1. The molecule has 1 aromatic carbocycles. The van der Waals surface area contributed by atoms with E-state index in [1.807, 2.05) is 6.92 Å². The number of hydrogen-bond donors (Lipinski definition) is 1. The molecule has 0 atom stereocenters. The second kappa shape index (κ2) is 7.34. The summed E-state index contributed by atoms with van der Waals surface area (Å²) >= 11 is 1.41. The van der Waals surface area contributed by atoms with Gasteiger partial charge in [0, 0.05) is 10.4 Å². The summed E-state index contributed by atoms with van der Waals surface area (Å²) in [5.41, 5.74) is 8.17. The molecule has 3 rings (SSSR count). The number of nitrogen functional groups attached to an aromatic ring is 1. The van der Waals surface area contributed by atoms with Gasteiger partial charge >= 0.3 is 5.97 Å². The van der Waals surface area contributed by atoms with Crippen molar-refractivity contribution in [1.82, 2.24) is 0 Å². The smallest absolute Gasteiger partial charge is 0.342 e. The van der Waals surface area contributed by atoms with Crippen LogP contribution in [0.3, 0.4) is 0 Å². The fourth-order valence-corrected chi connectivity index (χ4v) is 4.28. The van der Waals surface area contributed by atoms with Crippen molar-refractivity contribution >= 4 is 22.3 Å². The normalized spacial score (nSPS) is 15.4. The van der Waals surface area contributed by atoms with E-state index in [-0.39, 0.29) is 17.9 Å². The number of carbonyl (C=O) groups is 1. The summed E-state index contributed by atoms with van der Waals surface area (Å²) in [5.74, 6) is -0.652. The molecule has 3 nitrogen and oxygen atoms in total. The summed E-state index contributed by atoms with van der Waals surface area (Å²) < 4.78 is 19.0. The molecule has 5 heteroatoms. The minimum atomic E-state index is -0.352. The summed E-state index contributed by atoms with van der Waals surface area (Å²) in [7, 11) is 0. The van der Waals surface area contributed by atoms with Gasteiger partial charge < -0.3 is 10.5 Å². The van der Waals surface area contributed by atoms with Crippen LogP contribution >= 0.6 is 11.3 Å². The molecule has 0 saturated heterocycles. The van der Waals surface area contributed by atoms with Crippen LogP contribution in [0, 0.1) is 5.82 Å². The maximum atomic E-state index is 13.2. The Bertz CT molecular complexity index is 718. The lowest BCUT2D eigenvalue weighted by atomic mass is 9.97. The van der Waals surface area contributed by atoms with Gasteiger partial charge in [-0.05, 0) is 49.8 Å². The second-order valence-electron chi connectivity index (χ2n) is 6.17. The van der Waals surface area contributed by atoms with Gasteiger partial charge in [0.1, 0.15) is 22.5 Å². The standard InChI is InChI=1S/C19H22FNO2S/c1-2-15-16(12-8-10-13(20)11-9-12)17(18(21)24-15)19(22)23-14-6-4-3-5-7-14/h8-11,14H,2-7,21H2,1H3. The first kappa shape index (κ1) is 17.0. The molecular weight excluding hydrogens is 325 g/mol. The molecule has 2 aromatic rings. The molecule has 1 heterocycles. The Labute approximate surface area is 145 Å². The number of halogens is 1. The Hall–Kier alpha value is -1.88. The van der Waals surface area contributed by atoms with Gasteiger partial charge in [0.05, 0.1) is 0 Å². The highest BCUT2D eigenvalue weighted by Crippen LogP contribution is 2.40. The van der Waals surface area contributed by atoms with E-state index < -0.39 is 0 Å². The first-order valence-electron chi connectivity index (χ1n) is 8.48. The summed E-state index contributed by atoms with van der Waals surface area (Å²) in [6, 6.07) is 6.18. The molecular formula is C19H22FNO2S. The van der Waals surface area contributed by atoms with E-state index >= 15 is 0 Å². The van der Waals surface area contributed by atoms with Gasteiger partial charge in [0.2, 0.25) is 0 Å². The maximum absolute atomic E-state index is 13.2. The van der Waals surface area contributed by atoms with E-state index in [1.54, 1.807) is 12.1 Å². The van der Waals surface area contributed by atoms with Gasteiger partial charge in [0.25, 0.3) is 0 Å². The van der Waals surface area contributed by atoms with Crippen molar-refractivity contribution in [2.24, 2.45) is 0 Å². The molecule has 0 radical (unpaired) electrons. The zero-order valence-corrected chi connectivity index (χ0v) is 14.6. The van der Waals surface area contributed by atoms with E-state index in [4.69, 9.17) is 10.5 Å². The van der Waals surface area contributed by atoms with Crippen LogP contribution in [0.5, 0.6) is 0 Å². The lowest BCUT2D eigenvalue weighted by Crippen LogP contribution is -2.21. The molecule has 0 aliphatic heterocycles. The molecule has 0 unspecified atom stereocenters. The summed E-state index contributed by atoms with van der Waals surface area (Å²) in [4.78, 5) is 13.8. The van der Waals surface area contributed by atoms with Crippen LogP contribution in [0.1, 0.15) is 54.3 Å². The van der Waals surface area contributed by atoms with Crippen LogP contribution < -0.4 is 5.73 Å². The molecule has 0 amide bonds. The lowest BCUT2D eigenvalue weighted by molar-refractivity contribution is 0.0213. The highest BCUT2D eigenvalue weighted by atomic mass is 32.1. The number of thiophene rings is 1. The Kier molecular flexibility index (Phi) is 5.19. The Morgan fingerprint density at radius 1 is 1.25 bits per heavy atom. The summed E-state index contributed by atoms with van der Waals surface area (Å²) in [6.45, 7) is 2.02. The van der Waals surface area contributed by atoms with Crippen molar-refractivity contribution in [3.05, 3.63) is 40.5 Å². The van der Waals surface area contributed by atoms with Crippen molar-refractivity contribution < 1.29 is 13.9 Å². The van der Waals surface area contributed by atoms with E-state index in [2.05, 4.69) is 0 Å². The van der Waals surface area contributed by atoms with Gasteiger partial charge in [-0.1, -0.05) is 25.5 Å². The van der Waals surface area contributed by atoms with Gasteiger partial charge in [0.15, 0.2) is 0 Å². The van der Waals surface area contributed by atoms with E-state index in [0.717, 1.165) is 48.1 Å². The van der Waals surface area contributed by atoms with Crippen LogP contribution in [0.2, 0.25) is 0 Å². The van der Waals surface area contributed by atoms with Gasteiger partial charge in [-0.15, -0.1) is 11.3 Å². The van der Waals surface area contributed by atoms with Crippen LogP contribution in [-0.4, -0.2) is 12.1 Å². The molecule has 1 fully saturated rings. The molecule has 1 aliphatic rings. The molecule has 0 spiro atoms. The molecule has 128 valence electrons. The predicted octanol–water partition coefficient (Wildman–Crippen LogP) is 5.19. The van der Waals surface area contributed by atoms with Gasteiger partial charge in [-0.25, -0.2) is 9.18 Å². The molecule has 0 bridgehead atoms. The zero-order valence-electron chi connectivity index (χ0n) is 13.8. The Morgan fingerprint density at radius 2 is 1.92 bits per heavy atom. The summed E-state index contributed by atoms with van der Waals surface area (Å²) in [6.07, 6.45) is 5.99. The van der Waals surface area contributed by atoms with Crippen LogP contribution in [0.4, 0.5) is 9.39 Å². The third kappa shape index (κ3) is 3.46. The molecule has 2 N–H and O–H groups in total. The van der Waals surface area contributed by atoms with Gasteiger partial charge in [-0.3, -0.25) is 0 Å². The maximum Gasteiger partial charge on any atom is 0.342 e. The largest absolute Gasteiger partial charge is 0.459 e. The minimum Gasteiger partial charge on any atom is -0.459 e. The highest BCUT2D eigenvalue weighted by molar-refractivity contribution is 7.17. The van der Waals surface area contributed by atoms with E-state index in [0.29, 0.717) is 10.6 Å².